The Hall–Kier alpha value is -1.89. The standard InChI is InChI=1S/C16H22O6Si/c1-9-10-7-16(14(18)20-2,15(19)21-3)8-11(10)13(22-12(9)17)23(4,5)6/h7-8H2,1-6H3. The maximum absolute atomic E-state index is 12.3. The fraction of sp³-hybridized carbons (Fsp3) is 0.562. The minimum atomic E-state index is -1.97. The van der Waals surface area contributed by atoms with Gasteiger partial charge in [-0.05, 0) is 18.1 Å². The number of esters is 2. The van der Waals surface area contributed by atoms with Crippen molar-refractivity contribution in [3.8, 4) is 0 Å². The molecule has 0 fully saturated rings. The molecule has 1 aliphatic carbocycles. The van der Waals surface area contributed by atoms with Gasteiger partial charge in [-0.25, -0.2) is 4.79 Å². The maximum Gasteiger partial charge on any atom is 0.338 e. The number of carbonyl (C=O) groups excluding carboxylic acids is 2. The summed E-state index contributed by atoms with van der Waals surface area (Å²) in [7, 11) is 0.516. The number of rotatable bonds is 3. The van der Waals surface area contributed by atoms with Crippen molar-refractivity contribution in [3.05, 3.63) is 27.1 Å². The molecule has 7 heteroatoms. The molecular formula is C16H22O6Si. The molecule has 0 aromatic carbocycles. The Bertz CT molecular complexity index is 709. The van der Waals surface area contributed by atoms with Crippen LogP contribution < -0.4 is 11.0 Å². The predicted octanol–water partition coefficient (Wildman–Crippen LogP) is 0.924. The van der Waals surface area contributed by atoms with Crippen LogP contribution in [0.1, 0.15) is 16.7 Å². The van der Waals surface area contributed by atoms with Crippen LogP contribution in [-0.2, 0) is 31.9 Å². The zero-order valence-electron chi connectivity index (χ0n) is 14.4. The SMILES string of the molecule is COC(=O)C1(C(=O)OC)Cc2c([Si](C)(C)C)oc(=O)c(C)c2C1. The van der Waals surface area contributed by atoms with E-state index in [4.69, 9.17) is 13.9 Å². The smallest absolute Gasteiger partial charge is 0.338 e. The average Bonchev–Trinajstić information content (AvgIpc) is 2.90. The average molecular weight is 338 g/mol. The van der Waals surface area contributed by atoms with Crippen LogP contribution in [0, 0.1) is 12.3 Å². The molecule has 0 radical (unpaired) electrons. The number of fused-ring (bicyclic) bond motifs is 1. The third kappa shape index (κ3) is 2.63. The van der Waals surface area contributed by atoms with Crippen molar-refractivity contribution in [2.45, 2.75) is 39.4 Å². The van der Waals surface area contributed by atoms with Crippen molar-refractivity contribution >= 4 is 25.4 Å². The minimum absolute atomic E-state index is 0.108. The molecule has 0 atom stereocenters. The molecule has 0 unspecified atom stereocenters. The Morgan fingerprint density at radius 2 is 1.52 bits per heavy atom. The summed E-state index contributed by atoms with van der Waals surface area (Å²) in [6.07, 6.45) is 0.252. The molecule has 1 aromatic heterocycles. The van der Waals surface area contributed by atoms with E-state index in [1.807, 2.05) is 0 Å². The topological polar surface area (TPSA) is 82.8 Å². The lowest BCUT2D eigenvalue weighted by atomic mass is 9.84. The van der Waals surface area contributed by atoms with Crippen LogP contribution in [0.15, 0.2) is 9.21 Å². The van der Waals surface area contributed by atoms with Crippen LogP contribution in [0.4, 0.5) is 0 Å². The first-order valence-electron chi connectivity index (χ1n) is 7.41. The molecule has 1 aromatic rings. The van der Waals surface area contributed by atoms with Gasteiger partial charge in [-0.3, -0.25) is 9.59 Å². The van der Waals surface area contributed by atoms with Gasteiger partial charge in [-0.1, -0.05) is 19.6 Å². The summed E-state index contributed by atoms with van der Waals surface area (Å²) in [6.45, 7) is 7.81. The van der Waals surface area contributed by atoms with E-state index in [9.17, 15) is 14.4 Å². The van der Waals surface area contributed by atoms with Crippen LogP contribution in [0.5, 0.6) is 0 Å². The Kier molecular flexibility index (Phi) is 4.27. The number of hydrogen-bond donors (Lipinski definition) is 0. The van der Waals surface area contributed by atoms with Crippen molar-refractivity contribution in [3.63, 3.8) is 0 Å². The summed E-state index contributed by atoms with van der Waals surface area (Å²) in [6, 6.07) is 0. The summed E-state index contributed by atoms with van der Waals surface area (Å²) >= 11 is 0. The first kappa shape index (κ1) is 17.5. The number of methoxy groups -OCH3 is 2. The lowest BCUT2D eigenvalue weighted by Gasteiger charge is -2.23. The zero-order valence-corrected chi connectivity index (χ0v) is 15.4. The molecule has 0 aliphatic heterocycles. The number of ether oxygens (including phenoxy) is 2. The molecular weight excluding hydrogens is 316 g/mol. The van der Waals surface area contributed by atoms with Crippen LogP contribution in [0.3, 0.4) is 0 Å². The summed E-state index contributed by atoms with van der Waals surface area (Å²) in [5, 5.41) is 0.637. The quantitative estimate of drug-likeness (QED) is 0.463. The largest absolute Gasteiger partial charge is 0.468 e. The van der Waals surface area contributed by atoms with Gasteiger partial charge in [0, 0.05) is 18.4 Å². The molecule has 2 rings (SSSR count). The van der Waals surface area contributed by atoms with E-state index < -0.39 is 31.1 Å². The van der Waals surface area contributed by atoms with E-state index in [2.05, 4.69) is 19.6 Å². The Morgan fingerprint density at radius 3 is 1.96 bits per heavy atom. The van der Waals surface area contributed by atoms with Gasteiger partial charge in [0.1, 0.15) is 8.07 Å². The molecule has 0 amide bonds. The van der Waals surface area contributed by atoms with E-state index in [0.717, 1.165) is 11.1 Å². The second kappa shape index (κ2) is 5.63. The van der Waals surface area contributed by atoms with Crippen LogP contribution >= 0.6 is 0 Å². The normalized spacial score (nSPS) is 15.9. The van der Waals surface area contributed by atoms with Crippen LogP contribution in [-0.4, -0.2) is 34.2 Å². The summed E-state index contributed by atoms with van der Waals surface area (Å²) < 4.78 is 15.2. The second-order valence-electron chi connectivity index (χ2n) is 6.97. The van der Waals surface area contributed by atoms with Gasteiger partial charge in [0.2, 0.25) is 0 Å². The number of carbonyl (C=O) groups is 2. The van der Waals surface area contributed by atoms with E-state index in [0.29, 0.717) is 10.9 Å². The molecule has 0 saturated carbocycles. The van der Waals surface area contributed by atoms with Crippen molar-refractivity contribution in [1.82, 2.24) is 0 Å². The molecule has 126 valence electrons. The summed E-state index contributed by atoms with van der Waals surface area (Å²) in [4.78, 5) is 36.8. The predicted molar refractivity (Wildman–Crippen MR) is 86.6 cm³/mol. The third-order valence-electron chi connectivity index (χ3n) is 4.38. The molecule has 0 bridgehead atoms. The van der Waals surface area contributed by atoms with Crippen LogP contribution in [0.2, 0.25) is 19.6 Å². The van der Waals surface area contributed by atoms with Crippen molar-refractivity contribution in [1.29, 1.82) is 0 Å². The molecule has 0 N–H and O–H groups in total. The lowest BCUT2D eigenvalue weighted by molar-refractivity contribution is -0.168. The highest BCUT2D eigenvalue weighted by Crippen LogP contribution is 2.40. The Labute approximate surface area is 135 Å². The molecule has 6 nitrogen and oxygen atoms in total. The van der Waals surface area contributed by atoms with Gasteiger partial charge in [-0.15, -0.1) is 0 Å². The Balaban J connectivity index is 2.72. The van der Waals surface area contributed by atoms with Gasteiger partial charge in [-0.2, -0.15) is 0 Å². The minimum Gasteiger partial charge on any atom is -0.468 e. The highest BCUT2D eigenvalue weighted by Gasteiger charge is 2.54. The zero-order chi connectivity index (χ0) is 17.6. The number of hydrogen-bond acceptors (Lipinski definition) is 6. The fourth-order valence-corrected chi connectivity index (χ4v) is 4.72. The van der Waals surface area contributed by atoms with Gasteiger partial charge in [0.25, 0.3) is 0 Å². The van der Waals surface area contributed by atoms with E-state index in [-0.39, 0.29) is 12.8 Å². The molecule has 0 saturated heterocycles. The highest BCUT2D eigenvalue weighted by atomic mass is 28.3. The molecule has 1 heterocycles. The first-order valence-corrected chi connectivity index (χ1v) is 10.9. The second-order valence-corrected chi connectivity index (χ2v) is 11.9. The maximum atomic E-state index is 12.3. The third-order valence-corrected chi connectivity index (χ3v) is 6.15. The highest BCUT2D eigenvalue weighted by molar-refractivity contribution is 6.88. The molecule has 1 aliphatic rings. The monoisotopic (exact) mass is 338 g/mol. The van der Waals surface area contributed by atoms with Gasteiger partial charge in [0.15, 0.2) is 5.41 Å². The van der Waals surface area contributed by atoms with Gasteiger partial charge >= 0.3 is 17.6 Å². The lowest BCUT2D eigenvalue weighted by Crippen LogP contribution is -2.44. The van der Waals surface area contributed by atoms with Gasteiger partial charge < -0.3 is 13.9 Å². The fourth-order valence-electron chi connectivity index (χ4n) is 3.18. The van der Waals surface area contributed by atoms with E-state index in [1.165, 1.54) is 14.2 Å². The first-order chi connectivity index (χ1) is 10.6. The van der Waals surface area contributed by atoms with Gasteiger partial charge in [0.05, 0.1) is 19.6 Å². The van der Waals surface area contributed by atoms with Crippen LogP contribution in [0.25, 0.3) is 0 Å². The molecule has 0 spiro atoms. The Morgan fingerprint density at radius 1 is 1.04 bits per heavy atom. The van der Waals surface area contributed by atoms with Crippen molar-refractivity contribution < 1.29 is 23.5 Å². The summed E-state index contributed by atoms with van der Waals surface area (Å²) in [5.41, 5.74) is 0.101. The van der Waals surface area contributed by atoms with E-state index >= 15 is 0 Å². The van der Waals surface area contributed by atoms with Crippen molar-refractivity contribution in [2.75, 3.05) is 14.2 Å². The van der Waals surface area contributed by atoms with E-state index in [1.54, 1.807) is 6.92 Å². The summed E-state index contributed by atoms with van der Waals surface area (Å²) in [5.74, 6) is -1.29. The van der Waals surface area contributed by atoms with Crippen molar-refractivity contribution in [2.24, 2.45) is 5.41 Å². The molecule has 23 heavy (non-hydrogen) atoms.